The van der Waals surface area contributed by atoms with Crippen molar-refractivity contribution in [1.82, 2.24) is 4.90 Å². The molecule has 0 N–H and O–H groups in total. The maximum Gasteiger partial charge on any atom is 0.161 e. The lowest BCUT2D eigenvalue weighted by atomic mass is 9.99. The first-order valence-electron chi connectivity index (χ1n) is 10.5. The van der Waals surface area contributed by atoms with Crippen molar-refractivity contribution in [3.8, 4) is 11.5 Å². The van der Waals surface area contributed by atoms with Crippen molar-refractivity contribution in [3.63, 3.8) is 0 Å². The Kier molecular flexibility index (Phi) is 6.25. The lowest BCUT2D eigenvalue weighted by Gasteiger charge is -2.44. The Hall–Kier alpha value is -2.57. The number of hydrogen-bond donors (Lipinski definition) is 0. The molecule has 6 heteroatoms. The molecule has 0 unspecified atom stereocenters. The minimum absolute atomic E-state index is 0.104. The number of ether oxygens (including phenoxy) is 3. The summed E-state index contributed by atoms with van der Waals surface area (Å²) in [6.45, 7) is 5.69. The number of rotatable bonds is 6. The molecule has 2 aromatic carbocycles. The zero-order valence-electron chi connectivity index (χ0n) is 18.0. The van der Waals surface area contributed by atoms with Crippen molar-refractivity contribution in [1.29, 1.82) is 0 Å². The molecule has 160 valence electrons. The molecule has 2 heterocycles. The number of methoxy groups -OCH3 is 2. The number of anilines is 1. The quantitative estimate of drug-likeness (QED) is 0.674. The van der Waals surface area contributed by atoms with Crippen molar-refractivity contribution in [3.05, 3.63) is 53.1 Å². The van der Waals surface area contributed by atoms with E-state index >= 15 is 0 Å². The Morgan fingerprint density at radius 1 is 1.07 bits per heavy atom. The summed E-state index contributed by atoms with van der Waals surface area (Å²) in [4.78, 5) is 16.9. The van der Waals surface area contributed by atoms with Crippen molar-refractivity contribution in [2.75, 3.05) is 39.0 Å². The maximum absolute atomic E-state index is 11.9. The van der Waals surface area contributed by atoms with E-state index in [0.717, 1.165) is 62.9 Å². The zero-order chi connectivity index (χ0) is 21.1. The van der Waals surface area contributed by atoms with E-state index in [1.165, 1.54) is 16.8 Å². The number of fused-ring (bicyclic) bond motifs is 1. The summed E-state index contributed by atoms with van der Waals surface area (Å²) in [6, 6.07) is 12.7. The van der Waals surface area contributed by atoms with E-state index < -0.39 is 0 Å². The molecule has 0 spiro atoms. The van der Waals surface area contributed by atoms with Gasteiger partial charge in [-0.2, -0.15) is 0 Å². The van der Waals surface area contributed by atoms with Crippen molar-refractivity contribution >= 4 is 11.5 Å². The molecular formula is C24H30N2O4. The molecule has 0 aromatic heterocycles. The van der Waals surface area contributed by atoms with Crippen molar-refractivity contribution < 1.29 is 19.0 Å². The van der Waals surface area contributed by atoms with Gasteiger partial charge in [0.15, 0.2) is 17.3 Å². The number of carbonyl (C=O) groups is 1. The predicted molar refractivity (Wildman–Crippen MR) is 116 cm³/mol. The highest BCUT2D eigenvalue weighted by molar-refractivity contribution is 5.94. The second kappa shape index (κ2) is 9.06. The highest BCUT2D eigenvalue weighted by Crippen LogP contribution is 2.34. The van der Waals surface area contributed by atoms with E-state index in [-0.39, 0.29) is 5.78 Å². The third-order valence-electron chi connectivity index (χ3n) is 6.03. The third-order valence-corrected chi connectivity index (χ3v) is 6.03. The Labute approximate surface area is 178 Å². The summed E-state index contributed by atoms with van der Waals surface area (Å²) in [5, 5.41) is 0. The van der Waals surface area contributed by atoms with Crippen LogP contribution < -0.4 is 14.4 Å². The summed E-state index contributed by atoms with van der Waals surface area (Å²) in [7, 11) is 3.31. The third kappa shape index (κ3) is 4.30. The summed E-state index contributed by atoms with van der Waals surface area (Å²) in [6.07, 6.45) is 2.05. The van der Waals surface area contributed by atoms with Crippen molar-refractivity contribution in [2.24, 2.45) is 0 Å². The molecule has 6 nitrogen and oxygen atoms in total. The van der Waals surface area contributed by atoms with Crippen LogP contribution in [-0.2, 0) is 17.8 Å². The van der Waals surface area contributed by atoms with Crippen molar-refractivity contribution in [2.45, 2.75) is 38.9 Å². The van der Waals surface area contributed by atoms with Gasteiger partial charge in [0.2, 0.25) is 0 Å². The van der Waals surface area contributed by atoms with Crippen LogP contribution in [0.25, 0.3) is 0 Å². The number of benzene rings is 2. The Morgan fingerprint density at radius 2 is 1.83 bits per heavy atom. The molecule has 0 bridgehead atoms. The van der Waals surface area contributed by atoms with Crippen LogP contribution in [0.4, 0.5) is 5.69 Å². The average molecular weight is 411 g/mol. The Morgan fingerprint density at radius 3 is 2.53 bits per heavy atom. The van der Waals surface area contributed by atoms with E-state index in [1.807, 2.05) is 18.2 Å². The maximum atomic E-state index is 11.9. The van der Waals surface area contributed by atoms with Gasteiger partial charge in [-0.1, -0.05) is 6.07 Å². The van der Waals surface area contributed by atoms with Crippen LogP contribution in [0.5, 0.6) is 11.5 Å². The monoisotopic (exact) mass is 410 g/mol. The molecule has 4 rings (SSSR count). The zero-order valence-corrected chi connectivity index (χ0v) is 18.0. The van der Waals surface area contributed by atoms with E-state index in [0.29, 0.717) is 6.04 Å². The molecule has 0 saturated carbocycles. The Bertz CT molecular complexity index is 908. The molecule has 2 aliphatic rings. The summed E-state index contributed by atoms with van der Waals surface area (Å²) >= 11 is 0. The van der Waals surface area contributed by atoms with Gasteiger partial charge in [0, 0.05) is 43.6 Å². The van der Waals surface area contributed by atoms with Crippen LogP contribution >= 0.6 is 0 Å². The minimum atomic E-state index is 0.104. The molecule has 0 aliphatic carbocycles. The van der Waals surface area contributed by atoms with Gasteiger partial charge in [-0.05, 0) is 61.2 Å². The first-order chi connectivity index (χ1) is 14.6. The molecule has 0 amide bonds. The van der Waals surface area contributed by atoms with Crippen LogP contribution in [0.1, 0.15) is 41.3 Å². The average Bonchev–Trinajstić information content (AvgIpc) is 2.78. The first kappa shape index (κ1) is 20.7. The predicted octanol–water partition coefficient (Wildman–Crippen LogP) is 3.87. The fourth-order valence-corrected chi connectivity index (χ4v) is 4.45. The van der Waals surface area contributed by atoms with E-state index in [4.69, 9.17) is 14.2 Å². The van der Waals surface area contributed by atoms with Gasteiger partial charge >= 0.3 is 0 Å². The lowest BCUT2D eigenvalue weighted by Crippen LogP contribution is -2.49. The molecule has 1 saturated heterocycles. The van der Waals surface area contributed by atoms with E-state index in [2.05, 4.69) is 28.0 Å². The topological polar surface area (TPSA) is 51.2 Å². The van der Waals surface area contributed by atoms with Gasteiger partial charge < -0.3 is 19.1 Å². The molecule has 2 aliphatic heterocycles. The normalized spacial score (nSPS) is 17.5. The van der Waals surface area contributed by atoms with Crippen LogP contribution in [0.2, 0.25) is 0 Å². The largest absolute Gasteiger partial charge is 0.493 e. The van der Waals surface area contributed by atoms with Gasteiger partial charge in [-0.25, -0.2) is 0 Å². The minimum Gasteiger partial charge on any atom is -0.493 e. The van der Waals surface area contributed by atoms with Gasteiger partial charge in [-0.3, -0.25) is 9.69 Å². The fraction of sp³-hybridized carbons (Fsp3) is 0.458. The standard InChI is InChI=1S/C24H30N2O4/c1-17(27)19-5-6-22-20(13-19)15-25(16-26(22)21-8-10-30-11-9-21)14-18-4-7-23(28-2)24(12-18)29-3/h4-7,12-13,21H,8-11,14-16H2,1-3H3. The number of carbonyl (C=O) groups excluding carboxylic acids is 1. The first-order valence-corrected chi connectivity index (χ1v) is 10.5. The molecule has 1 fully saturated rings. The molecule has 0 atom stereocenters. The highest BCUT2D eigenvalue weighted by Gasteiger charge is 2.29. The molecule has 2 aromatic rings. The summed E-state index contributed by atoms with van der Waals surface area (Å²) in [5.41, 5.74) is 4.40. The second-order valence-corrected chi connectivity index (χ2v) is 8.03. The molecular weight excluding hydrogens is 380 g/mol. The summed E-state index contributed by atoms with van der Waals surface area (Å²) in [5.74, 6) is 1.58. The van der Waals surface area contributed by atoms with Crippen LogP contribution in [-0.4, -0.2) is 50.8 Å². The van der Waals surface area contributed by atoms with Gasteiger partial charge in [-0.15, -0.1) is 0 Å². The SMILES string of the molecule is COc1ccc(CN2Cc3cc(C(C)=O)ccc3N(C3CCOCC3)C2)cc1OC. The smallest absolute Gasteiger partial charge is 0.161 e. The van der Waals surface area contributed by atoms with Gasteiger partial charge in [0.25, 0.3) is 0 Å². The van der Waals surface area contributed by atoms with Crippen LogP contribution in [0.3, 0.4) is 0 Å². The molecule has 0 radical (unpaired) electrons. The number of hydrogen-bond acceptors (Lipinski definition) is 6. The van der Waals surface area contributed by atoms with E-state index in [9.17, 15) is 4.79 Å². The van der Waals surface area contributed by atoms with Gasteiger partial charge in [0.1, 0.15) is 0 Å². The highest BCUT2D eigenvalue weighted by atomic mass is 16.5. The fourth-order valence-electron chi connectivity index (χ4n) is 4.45. The van der Waals surface area contributed by atoms with Crippen LogP contribution in [0.15, 0.2) is 36.4 Å². The van der Waals surface area contributed by atoms with E-state index in [1.54, 1.807) is 21.1 Å². The summed E-state index contributed by atoms with van der Waals surface area (Å²) < 4.78 is 16.4. The Balaban J connectivity index is 1.62. The molecule has 30 heavy (non-hydrogen) atoms. The van der Waals surface area contributed by atoms with Crippen LogP contribution in [0, 0.1) is 0 Å². The number of ketones is 1. The number of Topliss-reactive ketones (excluding diaryl/α,β-unsaturated/α-hetero) is 1. The lowest BCUT2D eigenvalue weighted by molar-refractivity contribution is 0.0793. The second-order valence-electron chi connectivity index (χ2n) is 8.03. The van der Waals surface area contributed by atoms with Gasteiger partial charge in [0.05, 0.1) is 20.9 Å². The number of nitrogens with zero attached hydrogens (tertiary/aromatic N) is 2.